The summed E-state index contributed by atoms with van der Waals surface area (Å²) >= 11 is 0. The average molecular weight is 456 g/mol. The number of hydrogen-bond acceptors (Lipinski definition) is 3. The van der Waals surface area contributed by atoms with Crippen molar-refractivity contribution in [1.82, 2.24) is 10.3 Å². The van der Waals surface area contributed by atoms with Crippen LogP contribution in [-0.2, 0) is 17.8 Å². The third-order valence-corrected chi connectivity index (χ3v) is 6.01. The molecule has 4 aromatic rings. The Morgan fingerprint density at radius 1 is 0.971 bits per heavy atom. The van der Waals surface area contributed by atoms with Crippen LogP contribution in [0.3, 0.4) is 0 Å². The van der Waals surface area contributed by atoms with Crippen molar-refractivity contribution >= 4 is 27.9 Å². The number of carbonyl (C=O) groups excluding carboxylic acids is 1. The van der Waals surface area contributed by atoms with Gasteiger partial charge in [0.2, 0.25) is 5.91 Å². The number of fused-ring (bicyclic) bond motifs is 1. The van der Waals surface area contributed by atoms with E-state index in [9.17, 15) is 13.6 Å². The van der Waals surface area contributed by atoms with Crippen LogP contribution >= 0.6 is 0 Å². The van der Waals surface area contributed by atoms with Crippen molar-refractivity contribution < 1.29 is 13.6 Å². The Balaban J connectivity index is 1.48. The van der Waals surface area contributed by atoms with Crippen LogP contribution in [0.2, 0.25) is 0 Å². The summed E-state index contributed by atoms with van der Waals surface area (Å²) in [5.41, 5.74) is 4.14. The molecule has 0 spiro atoms. The zero-order valence-corrected chi connectivity index (χ0v) is 18.5. The highest BCUT2D eigenvalue weighted by Gasteiger charge is 2.19. The summed E-state index contributed by atoms with van der Waals surface area (Å²) in [5.74, 6) is -1.52. The highest BCUT2D eigenvalue weighted by molar-refractivity contribution is 5.97. The first-order valence-electron chi connectivity index (χ1n) is 11.1. The minimum absolute atomic E-state index is 0.0509. The summed E-state index contributed by atoms with van der Waals surface area (Å²) in [6.45, 7) is 1.69. The van der Waals surface area contributed by atoms with Crippen molar-refractivity contribution in [2.75, 3.05) is 18.0 Å². The maximum absolute atomic E-state index is 13.9. The van der Waals surface area contributed by atoms with Gasteiger partial charge >= 0.3 is 0 Å². The van der Waals surface area contributed by atoms with Gasteiger partial charge in [0.25, 0.3) is 0 Å². The van der Waals surface area contributed by atoms with Crippen LogP contribution in [0, 0.1) is 11.6 Å². The minimum atomic E-state index is -0.670. The first kappa shape index (κ1) is 21.9. The zero-order valence-electron chi connectivity index (χ0n) is 18.5. The van der Waals surface area contributed by atoms with Gasteiger partial charge in [0.05, 0.1) is 13.0 Å². The molecule has 0 fully saturated rings. The van der Waals surface area contributed by atoms with Gasteiger partial charge in [-0.2, -0.15) is 0 Å². The molecule has 4 nitrogen and oxygen atoms in total. The van der Waals surface area contributed by atoms with Gasteiger partial charge in [-0.3, -0.25) is 9.78 Å². The molecule has 0 bridgehead atoms. The Kier molecular flexibility index (Phi) is 6.14. The van der Waals surface area contributed by atoms with E-state index in [-0.39, 0.29) is 18.9 Å². The highest BCUT2D eigenvalue weighted by Crippen LogP contribution is 2.25. The molecule has 1 N–H and O–H groups in total. The van der Waals surface area contributed by atoms with E-state index >= 15 is 0 Å². The molecule has 1 aliphatic rings. The van der Waals surface area contributed by atoms with E-state index in [0.29, 0.717) is 11.3 Å². The Bertz CT molecular complexity index is 1360. The Hall–Kier alpha value is -3.90. The number of carbonyl (C=O) groups is 1. The van der Waals surface area contributed by atoms with Gasteiger partial charge in [-0.1, -0.05) is 42.5 Å². The van der Waals surface area contributed by atoms with Gasteiger partial charge in [-0.05, 0) is 51.9 Å². The molecule has 1 aliphatic heterocycles. The molecular weight excluding hydrogens is 432 g/mol. The summed E-state index contributed by atoms with van der Waals surface area (Å²) in [6.07, 6.45) is 5.72. The molecule has 0 radical (unpaired) electrons. The fourth-order valence-corrected chi connectivity index (χ4v) is 4.34. The Morgan fingerprint density at radius 3 is 2.47 bits per heavy atom. The SMILES string of the molecule is O=C(Cc1cncc2ccccc12)N(Cc1cc(F)cc(F)c1)c1ccc(C2=CCNC2)cc1. The Morgan fingerprint density at radius 2 is 1.74 bits per heavy atom. The van der Waals surface area contributed by atoms with Crippen LogP contribution in [0.25, 0.3) is 16.3 Å². The summed E-state index contributed by atoms with van der Waals surface area (Å²) in [5, 5.41) is 5.19. The highest BCUT2D eigenvalue weighted by atomic mass is 19.1. The van der Waals surface area contributed by atoms with Crippen molar-refractivity contribution in [3.8, 4) is 0 Å². The van der Waals surface area contributed by atoms with Gasteiger partial charge < -0.3 is 10.2 Å². The minimum Gasteiger partial charge on any atom is -0.309 e. The van der Waals surface area contributed by atoms with Gasteiger partial charge in [0.15, 0.2) is 0 Å². The van der Waals surface area contributed by atoms with E-state index in [0.717, 1.165) is 41.1 Å². The van der Waals surface area contributed by atoms with Crippen LogP contribution in [0.5, 0.6) is 0 Å². The van der Waals surface area contributed by atoms with Crippen molar-refractivity contribution in [3.63, 3.8) is 0 Å². The lowest BCUT2D eigenvalue weighted by atomic mass is 10.0. The Labute approximate surface area is 196 Å². The number of aromatic nitrogens is 1. The van der Waals surface area contributed by atoms with Gasteiger partial charge in [0, 0.05) is 42.6 Å². The van der Waals surface area contributed by atoms with E-state index < -0.39 is 11.6 Å². The smallest absolute Gasteiger partial charge is 0.231 e. The molecule has 170 valence electrons. The molecule has 0 saturated carbocycles. The molecule has 6 heteroatoms. The number of pyridine rings is 1. The number of halogens is 2. The molecule has 34 heavy (non-hydrogen) atoms. The second-order valence-corrected chi connectivity index (χ2v) is 8.36. The third kappa shape index (κ3) is 4.72. The quantitative estimate of drug-likeness (QED) is 0.431. The number of benzene rings is 3. The first-order chi connectivity index (χ1) is 16.6. The first-order valence-corrected chi connectivity index (χ1v) is 11.1. The zero-order chi connectivity index (χ0) is 23.5. The number of anilines is 1. The molecule has 1 amide bonds. The number of amides is 1. The number of hydrogen-bond donors (Lipinski definition) is 1. The lowest BCUT2D eigenvalue weighted by Crippen LogP contribution is -2.32. The number of nitrogens with zero attached hydrogens (tertiary/aromatic N) is 2. The largest absolute Gasteiger partial charge is 0.309 e. The van der Waals surface area contributed by atoms with Crippen molar-refractivity contribution in [2.45, 2.75) is 13.0 Å². The van der Waals surface area contributed by atoms with Crippen LogP contribution in [-0.4, -0.2) is 24.0 Å². The molecule has 3 aromatic carbocycles. The van der Waals surface area contributed by atoms with E-state index in [1.807, 2.05) is 48.5 Å². The molecule has 0 saturated heterocycles. The van der Waals surface area contributed by atoms with Gasteiger partial charge in [-0.15, -0.1) is 0 Å². The summed E-state index contributed by atoms with van der Waals surface area (Å²) in [4.78, 5) is 19.4. The second-order valence-electron chi connectivity index (χ2n) is 8.36. The third-order valence-electron chi connectivity index (χ3n) is 6.01. The molecule has 2 heterocycles. The molecule has 0 aliphatic carbocycles. The van der Waals surface area contributed by atoms with Crippen LogP contribution in [0.4, 0.5) is 14.5 Å². The molecular formula is C28H23F2N3O. The van der Waals surface area contributed by atoms with Crippen molar-refractivity contribution in [1.29, 1.82) is 0 Å². The standard InChI is InChI=1S/C28H23F2N3O/c29-24-11-19(12-25(30)14-24)18-33(26-7-5-20(6-8-26)21-9-10-31-15-21)28(34)13-23-17-32-16-22-3-1-2-4-27(22)23/h1-9,11-12,14,16-17,31H,10,13,15,18H2. The van der Waals surface area contributed by atoms with Gasteiger partial charge in [0.1, 0.15) is 11.6 Å². The normalized spacial score (nSPS) is 13.2. The van der Waals surface area contributed by atoms with E-state index in [1.54, 1.807) is 17.3 Å². The molecule has 1 aromatic heterocycles. The van der Waals surface area contributed by atoms with Crippen LogP contribution < -0.4 is 10.2 Å². The summed E-state index contributed by atoms with van der Waals surface area (Å²) in [7, 11) is 0. The van der Waals surface area contributed by atoms with E-state index in [2.05, 4.69) is 16.4 Å². The van der Waals surface area contributed by atoms with E-state index in [1.165, 1.54) is 17.7 Å². The van der Waals surface area contributed by atoms with Crippen molar-refractivity contribution in [3.05, 3.63) is 114 Å². The molecule has 0 unspecified atom stereocenters. The number of nitrogens with one attached hydrogen (secondary N) is 1. The van der Waals surface area contributed by atoms with Crippen LogP contribution in [0.1, 0.15) is 16.7 Å². The monoisotopic (exact) mass is 455 g/mol. The maximum Gasteiger partial charge on any atom is 0.231 e. The van der Waals surface area contributed by atoms with E-state index in [4.69, 9.17) is 0 Å². The lowest BCUT2D eigenvalue weighted by Gasteiger charge is -2.24. The molecule has 5 rings (SSSR count). The number of rotatable bonds is 6. The fraction of sp³-hybridized carbons (Fsp3) is 0.143. The fourth-order valence-electron chi connectivity index (χ4n) is 4.34. The summed E-state index contributed by atoms with van der Waals surface area (Å²) < 4.78 is 27.7. The second kappa shape index (κ2) is 9.53. The molecule has 0 atom stereocenters. The maximum atomic E-state index is 13.9. The van der Waals surface area contributed by atoms with Crippen molar-refractivity contribution in [2.24, 2.45) is 0 Å². The average Bonchev–Trinajstić information content (AvgIpc) is 3.37. The van der Waals surface area contributed by atoms with Gasteiger partial charge in [-0.25, -0.2) is 8.78 Å². The van der Waals surface area contributed by atoms with Crippen LogP contribution in [0.15, 0.2) is 85.2 Å². The predicted octanol–water partition coefficient (Wildman–Crippen LogP) is 5.28. The summed E-state index contributed by atoms with van der Waals surface area (Å²) in [6, 6.07) is 18.8. The lowest BCUT2D eigenvalue weighted by molar-refractivity contribution is -0.118. The predicted molar refractivity (Wildman–Crippen MR) is 130 cm³/mol. The topological polar surface area (TPSA) is 45.2 Å².